The number of ketones is 1. The molecule has 0 bridgehead atoms. The van der Waals surface area contributed by atoms with Crippen molar-refractivity contribution in [1.82, 2.24) is 15.5 Å². The number of aromatic nitrogens is 2. The number of hydrogen-bond donors (Lipinski definition) is 2. The number of amides is 1. The number of nitrogens with two attached hydrogens (primary N) is 1. The van der Waals surface area contributed by atoms with E-state index in [1.54, 1.807) is 17.0 Å². The molecule has 0 radical (unpaired) electrons. The van der Waals surface area contributed by atoms with Gasteiger partial charge in [0.25, 0.3) is 0 Å². The predicted octanol–water partition coefficient (Wildman–Crippen LogP) is 5.67. The smallest absolute Gasteiger partial charge is 0.230 e. The first-order valence-corrected chi connectivity index (χ1v) is 15.3. The normalized spacial score (nSPS) is 21.5. The van der Waals surface area contributed by atoms with Gasteiger partial charge in [-0.3, -0.25) is 14.5 Å². The Labute approximate surface area is 241 Å². The van der Waals surface area contributed by atoms with Gasteiger partial charge in [0.15, 0.2) is 10.1 Å². The number of rotatable bonds is 6. The van der Waals surface area contributed by atoms with Crippen LogP contribution in [0.5, 0.6) is 0 Å². The minimum Gasteiger partial charge on any atom is -0.384 e. The van der Waals surface area contributed by atoms with Gasteiger partial charge >= 0.3 is 0 Å². The Bertz CT molecular complexity index is 1390. The lowest BCUT2D eigenvalue weighted by Crippen LogP contribution is -2.42. The standard InChI is InChI=1S/C28H31ClN6O2S2/c1-28(2)12-20-24(21(36)13-28)23(16-8-10-17(29)11-9-16)19(14-30)25(31)35(20)26-33-34-27(39-26)38-15-22(37)32-18-6-4-3-5-7-18/h8-11,18,23H,3-7,12-13,15,31H2,1-2H3,(H,32,37). The Kier molecular flexibility index (Phi) is 8.04. The first-order chi connectivity index (χ1) is 18.7. The lowest BCUT2D eigenvalue weighted by molar-refractivity contribution is -0.119. The molecule has 2 aromatic rings. The molecule has 2 aliphatic carbocycles. The summed E-state index contributed by atoms with van der Waals surface area (Å²) in [5.41, 5.74) is 8.78. The van der Waals surface area contributed by atoms with E-state index in [1.165, 1.54) is 29.5 Å². The van der Waals surface area contributed by atoms with Crippen LogP contribution in [-0.4, -0.2) is 33.7 Å². The number of carbonyl (C=O) groups excluding carboxylic acids is 2. The minimum atomic E-state index is -0.577. The monoisotopic (exact) mass is 582 g/mol. The van der Waals surface area contributed by atoms with Crippen LogP contribution >= 0.6 is 34.7 Å². The molecular weight excluding hydrogens is 552 g/mol. The van der Waals surface area contributed by atoms with Gasteiger partial charge in [0, 0.05) is 28.8 Å². The van der Waals surface area contributed by atoms with Crippen molar-refractivity contribution in [2.24, 2.45) is 11.1 Å². The van der Waals surface area contributed by atoms with Gasteiger partial charge in [0.1, 0.15) is 5.82 Å². The summed E-state index contributed by atoms with van der Waals surface area (Å²) in [4.78, 5) is 27.9. The summed E-state index contributed by atoms with van der Waals surface area (Å²) in [6.07, 6.45) is 6.57. The summed E-state index contributed by atoms with van der Waals surface area (Å²) in [5, 5.41) is 23.1. The molecule has 11 heteroatoms. The van der Waals surface area contributed by atoms with E-state index >= 15 is 0 Å². The fraction of sp³-hybridized carbons (Fsp3) is 0.464. The first-order valence-electron chi connectivity index (χ1n) is 13.1. The Balaban J connectivity index is 1.45. The zero-order valence-corrected chi connectivity index (χ0v) is 24.4. The average molecular weight is 583 g/mol. The van der Waals surface area contributed by atoms with E-state index in [0.717, 1.165) is 36.9 Å². The third-order valence-corrected chi connectivity index (χ3v) is 9.76. The van der Waals surface area contributed by atoms with Gasteiger partial charge in [0.2, 0.25) is 11.0 Å². The number of nitriles is 1. The summed E-state index contributed by atoms with van der Waals surface area (Å²) >= 11 is 8.75. The lowest BCUT2D eigenvalue weighted by atomic mass is 9.69. The van der Waals surface area contributed by atoms with Crippen LogP contribution in [0.3, 0.4) is 0 Å². The Morgan fingerprint density at radius 3 is 2.64 bits per heavy atom. The Morgan fingerprint density at radius 1 is 1.23 bits per heavy atom. The van der Waals surface area contributed by atoms with Crippen LogP contribution in [0.1, 0.15) is 70.3 Å². The molecule has 1 aliphatic heterocycles. The van der Waals surface area contributed by atoms with Crippen LogP contribution in [-0.2, 0) is 9.59 Å². The maximum Gasteiger partial charge on any atom is 0.230 e. The van der Waals surface area contributed by atoms with Crippen molar-refractivity contribution in [3.05, 3.63) is 57.5 Å². The lowest BCUT2D eigenvalue weighted by Gasteiger charge is -2.42. The average Bonchev–Trinajstić information content (AvgIpc) is 3.36. The summed E-state index contributed by atoms with van der Waals surface area (Å²) in [6.45, 7) is 4.10. The van der Waals surface area contributed by atoms with E-state index in [0.29, 0.717) is 38.5 Å². The number of nitrogens with one attached hydrogen (secondary N) is 1. The van der Waals surface area contributed by atoms with Crippen LogP contribution in [0.25, 0.3) is 0 Å². The fourth-order valence-electron chi connectivity index (χ4n) is 5.71. The molecule has 1 unspecified atom stereocenters. The second-order valence-corrected chi connectivity index (χ2v) is 13.7. The molecule has 1 atom stereocenters. The number of halogens is 1. The second kappa shape index (κ2) is 11.3. The molecule has 0 saturated heterocycles. The molecule has 204 valence electrons. The molecule has 3 aliphatic rings. The van der Waals surface area contributed by atoms with Crippen molar-refractivity contribution in [3.8, 4) is 6.07 Å². The van der Waals surface area contributed by atoms with Crippen LogP contribution in [0.4, 0.5) is 5.13 Å². The third kappa shape index (κ3) is 5.86. The Morgan fingerprint density at radius 2 is 1.95 bits per heavy atom. The maximum atomic E-state index is 13.6. The highest BCUT2D eigenvalue weighted by Gasteiger charge is 2.45. The van der Waals surface area contributed by atoms with Gasteiger partial charge in [-0.2, -0.15) is 5.26 Å². The molecular formula is C28H31ClN6O2S2. The zero-order valence-electron chi connectivity index (χ0n) is 22.0. The highest BCUT2D eigenvalue weighted by atomic mass is 35.5. The number of Topliss-reactive ketones (excluding diaryl/α,β-unsaturated/α-hetero) is 1. The summed E-state index contributed by atoms with van der Waals surface area (Å²) < 4.78 is 0.624. The SMILES string of the molecule is CC1(C)CC(=O)C2=C(C1)N(c1nnc(SCC(=O)NC3CCCCC3)s1)C(N)=C(C#N)C2c1ccc(Cl)cc1. The Hall–Kier alpha value is -2.87. The van der Waals surface area contributed by atoms with Crippen LogP contribution in [0.15, 0.2) is 51.3 Å². The van der Waals surface area contributed by atoms with Crippen molar-refractivity contribution in [3.63, 3.8) is 0 Å². The predicted molar refractivity (Wildman–Crippen MR) is 154 cm³/mol. The largest absolute Gasteiger partial charge is 0.384 e. The van der Waals surface area contributed by atoms with Crippen molar-refractivity contribution < 1.29 is 9.59 Å². The summed E-state index contributed by atoms with van der Waals surface area (Å²) in [6, 6.07) is 9.71. The molecule has 1 fully saturated rings. The highest BCUT2D eigenvalue weighted by Crippen LogP contribution is 2.50. The molecule has 1 amide bonds. The van der Waals surface area contributed by atoms with E-state index in [1.807, 2.05) is 12.1 Å². The van der Waals surface area contributed by atoms with E-state index in [2.05, 4.69) is 35.4 Å². The molecule has 0 spiro atoms. The van der Waals surface area contributed by atoms with E-state index in [-0.39, 0.29) is 34.7 Å². The van der Waals surface area contributed by atoms with Gasteiger partial charge < -0.3 is 11.1 Å². The third-order valence-electron chi connectivity index (χ3n) is 7.47. The van der Waals surface area contributed by atoms with Crippen molar-refractivity contribution in [2.75, 3.05) is 10.7 Å². The van der Waals surface area contributed by atoms with Crippen LogP contribution in [0, 0.1) is 16.7 Å². The first kappa shape index (κ1) is 27.7. The van der Waals surface area contributed by atoms with E-state index < -0.39 is 5.92 Å². The quantitative estimate of drug-likeness (QED) is 0.417. The minimum absolute atomic E-state index is 0.00931. The highest BCUT2D eigenvalue weighted by molar-refractivity contribution is 8.01. The second-order valence-electron chi connectivity index (χ2n) is 11.1. The van der Waals surface area contributed by atoms with Gasteiger partial charge in [-0.1, -0.05) is 79.9 Å². The summed E-state index contributed by atoms with van der Waals surface area (Å²) in [7, 11) is 0. The molecule has 2 heterocycles. The van der Waals surface area contributed by atoms with Gasteiger partial charge in [0.05, 0.1) is 23.3 Å². The number of benzene rings is 1. The van der Waals surface area contributed by atoms with Crippen molar-refractivity contribution in [2.45, 2.75) is 75.1 Å². The fourth-order valence-corrected chi connectivity index (χ4v) is 7.53. The number of carbonyl (C=O) groups is 2. The number of nitrogens with zero attached hydrogens (tertiary/aromatic N) is 4. The zero-order chi connectivity index (χ0) is 27.7. The topological polar surface area (TPSA) is 125 Å². The maximum absolute atomic E-state index is 13.6. The van der Waals surface area contributed by atoms with Gasteiger partial charge in [-0.25, -0.2) is 0 Å². The summed E-state index contributed by atoms with van der Waals surface area (Å²) in [5.74, 6) is -0.108. The molecule has 1 saturated carbocycles. The van der Waals surface area contributed by atoms with Crippen LogP contribution in [0.2, 0.25) is 5.02 Å². The number of allylic oxidation sites excluding steroid dienone is 3. The molecule has 8 nitrogen and oxygen atoms in total. The number of hydrogen-bond acceptors (Lipinski definition) is 9. The van der Waals surface area contributed by atoms with Gasteiger partial charge in [-0.05, 0) is 42.4 Å². The molecule has 39 heavy (non-hydrogen) atoms. The van der Waals surface area contributed by atoms with Crippen LogP contribution < -0.4 is 16.0 Å². The molecule has 5 rings (SSSR count). The molecule has 1 aromatic carbocycles. The van der Waals surface area contributed by atoms with E-state index in [4.69, 9.17) is 17.3 Å². The molecule has 3 N–H and O–H groups in total. The van der Waals surface area contributed by atoms with Crippen molar-refractivity contribution in [1.29, 1.82) is 5.26 Å². The number of thioether (sulfide) groups is 1. The molecule has 1 aromatic heterocycles. The van der Waals surface area contributed by atoms with E-state index in [9.17, 15) is 14.9 Å². The van der Waals surface area contributed by atoms with Crippen molar-refractivity contribution >= 4 is 51.5 Å². The number of anilines is 1. The van der Waals surface area contributed by atoms with Gasteiger partial charge in [-0.15, -0.1) is 10.2 Å².